The van der Waals surface area contributed by atoms with Crippen molar-refractivity contribution in [1.82, 2.24) is 10.3 Å². The Labute approximate surface area is 147 Å². The summed E-state index contributed by atoms with van der Waals surface area (Å²) in [5.74, 6) is 0.678. The number of amides is 1. The summed E-state index contributed by atoms with van der Waals surface area (Å²) in [7, 11) is 1.63. The van der Waals surface area contributed by atoms with Crippen LogP contribution in [0.2, 0.25) is 0 Å². The molecule has 1 atom stereocenters. The summed E-state index contributed by atoms with van der Waals surface area (Å²) in [5, 5.41) is 3.02. The van der Waals surface area contributed by atoms with E-state index < -0.39 is 0 Å². The molecule has 0 spiro atoms. The number of benzene rings is 2. The maximum absolute atomic E-state index is 12.5. The molecule has 0 saturated heterocycles. The van der Waals surface area contributed by atoms with Crippen LogP contribution in [0.25, 0.3) is 11.1 Å². The lowest BCUT2D eigenvalue weighted by molar-refractivity contribution is 0.0940. The van der Waals surface area contributed by atoms with E-state index in [4.69, 9.17) is 4.74 Å². The molecular weight excluding hydrogens is 312 g/mol. The van der Waals surface area contributed by atoms with Gasteiger partial charge in [0, 0.05) is 18.0 Å². The number of pyridine rings is 1. The van der Waals surface area contributed by atoms with Gasteiger partial charge in [-0.25, -0.2) is 0 Å². The lowest BCUT2D eigenvalue weighted by Gasteiger charge is -2.15. The number of ether oxygens (including phenoxy) is 1. The monoisotopic (exact) mass is 332 g/mol. The largest absolute Gasteiger partial charge is 0.497 e. The quantitative estimate of drug-likeness (QED) is 0.760. The van der Waals surface area contributed by atoms with E-state index in [0.29, 0.717) is 5.56 Å². The molecule has 0 aliphatic carbocycles. The van der Waals surface area contributed by atoms with Crippen molar-refractivity contribution in [2.24, 2.45) is 0 Å². The van der Waals surface area contributed by atoms with E-state index in [1.807, 2.05) is 67.6 Å². The summed E-state index contributed by atoms with van der Waals surface area (Å²) in [5.41, 5.74) is 3.76. The van der Waals surface area contributed by atoms with Gasteiger partial charge in [-0.1, -0.05) is 24.3 Å². The standard InChI is InChI=1S/C21H20N2O2/c1-15(19-4-3-5-20(14-19)25-2)23-21(24)18-8-6-16(7-9-18)17-10-12-22-13-11-17/h3-15H,1-2H3,(H,23,24)/t15-/m0/s1. The molecule has 1 heterocycles. The molecule has 0 radical (unpaired) electrons. The zero-order valence-electron chi connectivity index (χ0n) is 14.3. The third-order valence-electron chi connectivity index (χ3n) is 4.10. The second-order valence-electron chi connectivity index (χ2n) is 5.79. The molecule has 0 aliphatic rings. The first-order valence-corrected chi connectivity index (χ1v) is 8.12. The van der Waals surface area contributed by atoms with Crippen molar-refractivity contribution in [2.45, 2.75) is 13.0 Å². The van der Waals surface area contributed by atoms with Gasteiger partial charge in [-0.05, 0) is 60.0 Å². The van der Waals surface area contributed by atoms with Crippen molar-refractivity contribution in [2.75, 3.05) is 7.11 Å². The highest BCUT2D eigenvalue weighted by molar-refractivity contribution is 5.94. The molecule has 3 aromatic rings. The molecule has 0 unspecified atom stereocenters. The van der Waals surface area contributed by atoms with Crippen molar-refractivity contribution in [3.05, 3.63) is 84.2 Å². The number of carbonyl (C=O) groups excluding carboxylic acids is 1. The molecule has 0 aliphatic heterocycles. The van der Waals surface area contributed by atoms with Crippen LogP contribution < -0.4 is 10.1 Å². The molecule has 0 saturated carbocycles. The van der Waals surface area contributed by atoms with E-state index in [0.717, 1.165) is 22.4 Å². The fourth-order valence-electron chi connectivity index (χ4n) is 2.63. The normalized spacial score (nSPS) is 11.6. The number of nitrogens with one attached hydrogen (secondary N) is 1. The van der Waals surface area contributed by atoms with Gasteiger partial charge < -0.3 is 10.1 Å². The van der Waals surface area contributed by atoms with Crippen LogP contribution in [-0.4, -0.2) is 18.0 Å². The number of aromatic nitrogens is 1. The van der Waals surface area contributed by atoms with E-state index in [1.54, 1.807) is 19.5 Å². The SMILES string of the molecule is COc1cccc([C@H](C)NC(=O)c2ccc(-c3ccncc3)cc2)c1. The number of hydrogen-bond donors (Lipinski definition) is 1. The molecule has 2 aromatic carbocycles. The second kappa shape index (κ2) is 7.62. The van der Waals surface area contributed by atoms with Gasteiger partial charge in [0.2, 0.25) is 0 Å². The second-order valence-corrected chi connectivity index (χ2v) is 5.79. The first-order chi connectivity index (χ1) is 12.2. The smallest absolute Gasteiger partial charge is 0.251 e. The topological polar surface area (TPSA) is 51.2 Å². The van der Waals surface area contributed by atoms with Gasteiger partial charge in [0.25, 0.3) is 5.91 Å². The van der Waals surface area contributed by atoms with Crippen molar-refractivity contribution in [1.29, 1.82) is 0 Å². The summed E-state index contributed by atoms with van der Waals surface area (Å²) in [4.78, 5) is 16.5. The summed E-state index contributed by atoms with van der Waals surface area (Å²) in [6, 6.07) is 19.0. The van der Waals surface area contributed by atoms with Crippen LogP contribution in [0.5, 0.6) is 5.75 Å². The van der Waals surface area contributed by atoms with Gasteiger partial charge in [-0.3, -0.25) is 9.78 Å². The molecule has 25 heavy (non-hydrogen) atoms. The third-order valence-corrected chi connectivity index (χ3v) is 4.10. The van der Waals surface area contributed by atoms with Gasteiger partial charge in [0.1, 0.15) is 5.75 Å². The molecule has 1 N–H and O–H groups in total. The van der Waals surface area contributed by atoms with Gasteiger partial charge in [0.15, 0.2) is 0 Å². The molecule has 0 bridgehead atoms. The van der Waals surface area contributed by atoms with Crippen molar-refractivity contribution in [3.63, 3.8) is 0 Å². The number of hydrogen-bond acceptors (Lipinski definition) is 3. The Morgan fingerprint density at radius 2 is 1.68 bits per heavy atom. The highest BCUT2D eigenvalue weighted by atomic mass is 16.5. The highest BCUT2D eigenvalue weighted by Gasteiger charge is 2.12. The average Bonchev–Trinajstić information content (AvgIpc) is 2.68. The van der Waals surface area contributed by atoms with E-state index in [2.05, 4.69) is 10.3 Å². The fourth-order valence-corrected chi connectivity index (χ4v) is 2.63. The highest BCUT2D eigenvalue weighted by Crippen LogP contribution is 2.21. The lowest BCUT2D eigenvalue weighted by Crippen LogP contribution is -2.26. The Balaban J connectivity index is 1.70. The van der Waals surface area contributed by atoms with Gasteiger partial charge >= 0.3 is 0 Å². The van der Waals surface area contributed by atoms with Crippen LogP contribution >= 0.6 is 0 Å². The molecule has 1 amide bonds. The van der Waals surface area contributed by atoms with Crippen LogP contribution in [0.1, 0.15) is 28.9 Å². The first kappa shape index (κ1) is 16.7. The van der Waals surface area contributed by atoms with Crippen LogP contribution in [-0.2, 0) is 0 Å². The zero-order chi connectivity index (χ0) is 17.6. The Morgan fingerprint density at radius 1 is 1.00 bits per heavy atom. The van der Waals surface area contributed by atoms with E-state index >= 15 is 0 Å². The average molecular weight is 332 g/mol. The van der Waals surface area contributed by atoms with E-state index in [-0.39, 0.29) is 11.9 Å². The van der Waals surface area contributed by atoms with Crippen LogP contribution in [0.15, 0.2) is 73.1 Å². The Kier molecular flexibility index (Phi) is 5.09. The lowest BCUT2D eigenvalue weighted by atomic mass is 10.0. The van der Waals surface area contributed by atoms with Crippen LogP contribution in [0.4, 0.5) is 0 Å². The van der Waals surface area contributed by atoms with Crippen LogP contribution in [0.3, 0.4) is 0 Å². The minimum absolute atomic E-state index is 0.100. The molecule has 4 nitrogen and oxygen atoms in total. The molecular formula is C21H20N2O2. The predicted molar refractivity (Wildman–Crippen MR) is 98.5 cm³/mol. The minimum atomic E-state index is -0.109. The summed E-state index contributed by atoms with van der Waals surface area (Å²) >= 11 is 0. The number of methoxy groups -OCH3 is 1. The predicted octanol–water partition coefficient (Wildman–Crippen LogP) is 4.25. The van der Waals surface area contributed by atoms with E-state index in [1.165, 1.54) is 0 Å². The zero-order valence-corrected chi connectivity index (χ0v) is 14.3. The number of nitrogens with zero attached hydrogens (tertiary/aromatic N) is 1. The summed E-state index contributed by atoms with van der Waals surface area (Å²) in [6.45, 7) is 1.96. The maximum atomic E-state index is 12.5. The van der Waals surface area contributed by atoms with Crippen molar-refractivity contribution in [3.8, 4) is 16.9 Å². The molecule has 4 heteroatoms. The molecule has 1 aromatic heterocycles. The Bertz CT molecular complexity index is 845. The summed E-state index contributed by atoms with van der Waals surface area (Å²) < 4.78 is 5.23. The minimum Gasteiger partial charge on any atom is -0.497 e. The number of rotatable bonds is 5. The molecule has 0 fully saturated rings. The third kappa shape index (κ3) is 4.04. The maximum Gasteiger partial charge on any atom is 0.251 e. The Morgan fingerprint density at radius 3 is 2.36 bits per heavy atom. The fraction of sp³-hybridized carbons (Fsp3) is 0.143. The summed E-state index contributed by atoms with van der Waals surface area (Å²) in [6.07, 6.45) is 3.51. The molecule has 3 rings (SSSR count). The number of carbonyl (C=O) groups is 1. The van der Waals surface area contributed by atoms with E-state index in [9.17, 15) is 4.79 Å². The Hall–Kier alpha value is -3.14. The van der Waals surface area contributed by atoms with Crippen molar-refractivity contribution >= 4 is 5.91 Å². The first-order valence-electron chi connectivity index (χ1n) is 8.12. The van der Waals surface area contributed by atoms with Gasteiger partial charge in [0.05, 0.1) is 13.2 Å². The molecule has 126 valence electrons. The van der Waals surface area contributed by atoms with Gasteiger partial charge in [-0.15, -0.1) is 0 Å². The van der Waals surface area contributed by atoms with Gasteiger partial charge in [-0.2, -0.15) is 0 Å². The van der Waals surface area contributed by atoms with Crippen LogP contribution in [0, 0.1) is 0 Å². The van der Waals surface area contributed by atoms with Crippen molar-refractivity contribution < 1.29 is 9.53 Å².